The van der Waals surface area contributed by atoms with Crippen LogP contribution in [0.3, 0.4) is 0 Å². The minimum Gasteiger partial charge on any atom is -0.483 e. The van der Waals surface area contributed by atoms with Gasteiger partial charge in [0.2, 0.25) is 0 Å². The lowest BCUT2D eigenvalue weighted by atomic mass is 10.1. The van der Waals surface area contributed by atoms with Crippen LogP contribution < -0.4 is 20.9 Å². The number of rotatable bonds is 4. The van der Waals surface area contributed by atoms with Gasteiger partial charge in [-0.05, 0) is 55.4 Å². The van der Waals surface area contributed by atoms with Gasteiger partial charge in [-0.2, -0.15) is 0 Å². The zero-order valence-electron chi connectivity index (χ0n) is 14.3. The molecule has 0 atom stereocenters. The van der Waals surface area contributed by atoms with E-state index in [1.54, 1.807) is 18.2 Å². The molecule has 0 heterocycles. The van der Waals surface area contributed by atoms with Crippen molar-refractivity contribution in [1.82, 2.24) is 16.2 Å². The molecule has 2 rings (SSSR count). The summed E-state index contributed by atoms with van der Waals surface area (Å²) < 4.78 is 5.53. The minimum atomic E-state index is -0.439. The summed E-state index contributed by atoms with van der Waals surface area (Å²) in [6.07, 6.45) is 0. The van der Waals surface area contributed by atoms with Crippen molar-refractivity contribution in [3.05, 3.63) is 64.2 Å². The third-order valence-corrected chi connectivity index (χ3v) is 3.82. The van der Waals surface area contributed by atoms with Crippen LogP contribution in [0.25, 0.3) is 0 Å². The second-order valence-electron chi connectivity index (χ2n) is 5.48. The molecule has 2 amide bonds. The van der Waals surface area contributed by atoms with Gasteiger partial charge in [0.25, 0.3) is 11.8 Å². The smallest absolute Gasteiger partial charge is 0.276 e. The second-order valence-corrected chi connectivity index (χ2v) is 6.32. The lowest BCUT2D eigenvalue weighted by Gasteiger charge is -2.13. The number of hydrogen-bond acceptors (Lipinski definition) is 4. The Kier molecular flexibility index (Phi) is 6.94. The van der Waals surface area contributed by atoms with Gasteiger partial charge in [-0.25, -0.2) is 0 Å². The van der Waals surface area contributed by atoms with Gasteiger partial charge in [-0.3, -0.25) is 25.8 Å². The summed E-state index contributed by atoms with van der Waals surface area (Å²) in [5.74, 6) is -0.211. The summed E-state index contributed by atoms with van der Waals surface area (Å²) in [5, 5.41) is 2.83. The molecular weight excluding hydrogens is 374 g/mol. The van der Waals surface area contributed by atoms with E-state index in [1.807, 2.05) is 32.0 Å². The molecule has 0 aliphatic heterocycles. The number of benzene rings is 2. The van der Waals surface area contributed by atoms with E-state index in [-0.39, 0.29) is 11.7 Å². The normalized spacial score (nSPS) is 9.96. The predicted molar refractivity (Wildman–Crippen MR) is 104 cm³/mol. The summed E-state index contributed by atoms with van der Waals surface area (Å²) in [4.78, 5) is 23.9. The van der Waals surface area contributed by atoms with Crippen LogP contribution in [0.2, 0.25) is 5.02 Å². The van der Waals surface area contributed by atoms with Crippen molar-refractivity contribution in [2.24, 2.45) is 0 Å². The van der Waals surface area contributed by atoms with E-state index in [9.17, 15) is 9.59 Å². The Morgan fingerprint density at radius 1 is 1.08 bits per heavy atom. The first-order valence-electron chi connectivity index (χ1n) is 7.71. The molecule has 0 saturated heterocycles. The lowest BCUT2D eigenvalue weighted by molar-refractivity contribution is -0.123. The molecule has 136 valence electrons. The van der Waals surface area contributed by atoms with E-state index in [0.717, 1.165) is 11.1 Å². The number of nitrogens with one attached hydrogen (secondary N) is 3. The average Bonchev–Trinajstić information content (AvgIpc) is 2.59. The Balaban J connectivity index is 1.78. The zero-order chi connectivity index (χ0) is 19.1. The first-order chi connectivity index (χ1) is 12.4. The number of ether oxygens (including phenoxy) is 1. The molecule has 0 spiro atoms. The highest BCUT2D eigenvalue weighted by molar-refractivity contribution is 7.80. The Morgan fingerprint density at radius 3 is 2.38 bits per heavy atom. The molecule has 0 aliphatic rings. The van der Waals surface area contributed by atoms with Gasteiger partial charge in [-0.15, -0.1) is 0 Å². The highest BCUT2D eigenvalue weighted by Gasteiger charge is 2.10. The minimum absolute atomic E-state index is 0.0459. The number of hydrogen-bond donors (Lipinski definition) is 3. The van der Waals surface area contributed by atoms with Crippen molar-refractivity contribution < 1.29 is 14.3 Å². The van der Waals surface area contributed by atoms with Gasteiger partial charge in [0, 0.05) is 10.6 Å². The highest BCUT2D eigenvalue weighted by Crippen LogP contribution is 2.21. The number of carbonyl (C=O) groups excluding carboxylic acids is 2. The molecule has 0 saturated carbocycles. The van der Waals surface area contributed by atoms with Crippen molar-refractivity contribution in [3.8, 4) is 5.75 Å². The molecule has 0 bridgehead atoms. The Hall–Kier alpha value is -2.64. The van der Waals surface area contributed by atoms with Crippen LogP contribution in [-0.2, 0) is 4.79 Å². The van der Waals surface area contributed by atoms with Gasteiger partial charge >= 0.3 is 0 Å². The maximum absolute atomic E-state index is 12.0. The summed E-state index contributed by atoms with van der Waals surface area (Å²) >= 11 is 10.8. The van der Waals surface area contributed by atoms with Crippen LogP contribution >= 0.6 is 23.8 Å². The number of para-hydroxylation sites is 1. The fourth-order valence-electron chi connectivity index (χ4n) is 2.16. The third kappa shape index (κ3) is 5.72. The van der Waals surface area contributed by atoms with Crippen LogP contribution in [-0.4, -0.2) is 23.5 Å². The third-order valence-electron chi connectivity index (χ3n) is 3.39. The van der Waals surface area contributed by atoms with Crippen LogP contribution in [0.4, 0.5) is 0 Å². The molecule has 2 aromatic rings. The molecule has 0 unspecified atom stereocenters. The van der Waals surface area contributed by atoms with Gasteiger partial charge in [0.1, 0.15) is 5.75 Å². The molecule has 0 fully saturated rings. The van der Waals surface area contributed by atoms with E-state index < -0.39 is 11.8 Å². The van der Waals surface area contributed by atoms with E-state index in [0.29, 0.717) is 16.3 Å². The lowest BCUT2D eigenvalue weighted by Crippen LogP contribution is -2.49. The van der Waals surface area contributed by atoms with Crippen LogP contribution in [0.15, 0.2) is 42.5 Å². The second kappa shape index (κ2) is 9.17. The maximum Gasteiger partial charge on any atom is 0.276 e. The molecule has 26 heavy (non-hydrogen) atoms. The number of aryl methyl sites for hydroxylation is 2. The quantitative estimate of drug-likeness (QED) is 0.551. The summed E-state index contributed by atoms with van der Waals surface area (Å²) in [6.45, 7) is 3.61. The van der Waals surface area contributed by atoms with Gasteiger partial charge in [0.15, 0.2) is 11.7 Å². The molecule has 2 aromatic carbocycles. The highest BCUT2D eigenvalue weighted by atomic mass is 35.5. The van der Waals surface area contributed by atoms with Crippen molar-refractivity contribution in [3.63, 3.8) is 0 Å². The molecular formula is C18H18ClN3O3S. The summed E-state index contributed by atoms with van der Waals surface area (Å²) in [6, 6.07) is 12.1. The van der Waals surface area contributed by atoms with Crippen LogP contribution in [0, 0.1) is 13.8 Å². The van der Waals surface area contributed by atoms with Crippen molar-refractivity contribution >= 4 is 40.7 Å². The zero-order valence-corrected chi connectivity index (χ0v) is 15.8. The van der Waals surface area contributed by atoms with E-state index in [4.69, 9.17) is 28.6 Å². The number of carbonyl (C=O) groups is 2. The number of hydrazine groups is 1. The van der Waals surface area contributed by atoms with E-state index >= 15 is 0 Å². The Labute approximate surface area is 161 Å². The summed E-state index contributed by atoms with van der Waals surface area (Å²) in [7, 11) is 0. The van der Waals surface area contributed by atoms with Gasteiger partial charge in [0.05, 0.1) is 0 Å². The monoisotopic (exact) mass is 391 g/mol. The fourth-order valence-corrected chi connectivity index (χ4v) is 2.50. The van der Waals surface area contributed by atoms with Crippen LogP contribution in [0.5, 0.6) is 5.75 Å². The predicted octanol–water partition coefficient (Wildman–Crippen LogP) is 2.67. The van der Waals surface area contributed by atoms with Crippen molar-refractivity contribution in [2.45, 2.75) is 13.8 Å². The van der Waals surface area contributed by atoms with Gasteiger partial charge in [-0.1, -0.05) is 35.9 Å². The molecule has 3 N–H and O–H groups in total. The van der Waals surface area contributed by atoms with E-state index in [1.165, 1.54) is 6.07 Å². The Bertz CT molecular complexity index is 822. The largest absolute Gasteiger partial charge is 0.483 e. The number of halogens is 1. The fraction of sp³-hybridized carbons (Fsp3) is 0.167. The number of amides is 2. The molecule has 8 heteroatoms. The molecule has 0 aromatic heterocycles. The molecule has 0 radical (unpaired) electrons. The van der Waals surface area contributed by atoms with Gasteiger partial charge < -0.3 is 4.74 Å². The standard InChI is InChI=1S/C18H18ClN3O3S/c1-11-5-3-6-12(2)16(11)25-10-15(23)21-22-18(26)20-17(24)13-7-4-8-14(19)9-13/h3-9H,10H2,1-2H3,(H,21,23)(H2,20,22,24,26). The van der Waals surface area contributed by atoms with Crippen LogP contribution in [0.1, 0.15) is 21.5 Å². The SMILES string of the molecule is Cc1cccc(C)c1OCC(=O)NNC(=S)NC(=O)c1cccc(Cl)c1. The van der Waals surface area contributed by atoms with Crippen molar-refractivity contribution in [2.75, 3.05) is 6.61 Å². The van der Waals surface area contributed by atoms with E-state index in [2.05, 4.69) is 16.2 Å². The molecule has 6 nitrogen and oxygen atoms in total. The maximum atomic E-state index is 12.0. The first-order valence-corrected chi connectivity index (χ1v) is 8.50. The first kappa shape index (κ1) is 19.7. The number of thiocarbonyl (C=S) groups is 1. The van der Waals surface area contributed by atoms with Crippen molar-refractivity contribution in [1.29, 1.82) is 0 Å². The summed E-state index contributed by atoms with van der Waals surface area (Å²) in [5.41, 5.74) is 7.05. The average molecular weight is 392 g/mol. The topological polar surface area (TPSA) is 79.5 Å². The Morgan fingerprint density at radius 2 is 1.73 bits per heavy atom. The molecule has 0 aliphatic carbocycles.